The quantitative estimate of drug-likeness (QED) is 0.907. The molecule has 0 spiro atoms. The van der Waals surface area contributed by atoms with Crippen molar-refractivity contribution in [3.63, 3.8) is 0 Å². The molecule has 1 aliphatic heterocycles. The molecule has 3 heterocycles. The molecule has 2 aromatic heterocycles. The molecule has 0 bridgehead atoms. The summed E-state index contributed by atoms with van der Waals surface area (Å²) in [6, 6.07) is 7.23. The Morgan fingerprint density at radius 1 is 1.41 bits per heavy atom. The largest absolute Gasteiger partial charge is 0.355 e. The van der Waals surface area contributed by atoms with Gasteiger partial charge in [0.25, 0.3) is 5.91 Å². The number of hydrogen-bond acceptors (Lipinski definition) is 5. The molecule has 2 aromatic rings. The molecule has 0 unspecified atom stereocenters. The third-order valence-corrected chi connectivity index (χ3v) is 4.32. The molecule has 0 aliphatic carbocycles. The SMILES string of the molecule is N#Cc1ccc(Nc2c[nH]c(C(=O)N3CCSCC3)c2)nc1. The van der Waals surface area contributed by atoms with E-state index in [0.717, 1.165) is 30.3 Å². The molecule has 1 aliphatic rings. The van der Waals surface area contributed by atoms with E-state index in [2.05, 4.69) is 15.3 Å². The number of H-pyrrole nitrogens is 1. The van der Waals surface area contributed by atoms with Gasteiger partial charge in [-0.15, -0.1) is 0 Å². The topological polar surface area (TPSA) is 84.8 Å². The Morgan fingerprint density at radius 3 is 2.91 bits per heavy atom. The number of nitrogens with zero attached hydrogens (tertiary/aromatic N) is 3. The highest BCUT2D eigenvalue weighted by Gasteiger charge is 2.19. The lowest BCUT2D eigenvalue weighted by atomic mass is 10.3. The maximum Gasteiger partial charge on any atom is 0.270 e. The molecule has 1 saturated heterocycles. The molecule has 2 N–H and O–H groups in total. The van der Waals surface area contributed by atoms with E-state index >= 15 is 0 Å². The average molecular weight is 313 g/mol. The summed E-state index contributed by atoms with van der Waals surface area (Å²) in [7, 11) is 0. The lowest BCUT2D eigenvalue weighted by Gasteiger charge is -2.25. The van der Waals surface area contributed by atoms with Crippen LogP contribution in [-0.4, -0.2) is 45.4 Å². The Bertz CT molecular complexity index is 697. The van der Waals surface area contributed by atoms with Crippen LogP contribution in [-0.2, 0) is 0 Å². The van der Waals surface area contributed by atoms with Crippen LogP contribution in [0.25, 0.3) is 0 Å². The Hall–Kier alpha value is -2.46. The zero-order valence-electron chi connectivity index (χ0n) is 11.9. The second-order valence-corrected chi connectivity index (χ2v) is 6.10. The van der Waals surface area contributed by atoms with Crippen molar-refractivity contribution >= 4 is 29.2 Å². The van der Waals surface area contributed by atoms with Gasteiger partial charge in [-0.25, -0.2) is 4.98 Å². The van der Waals surface area contributed by atoms with Crippen molar-refractivity contribution in [1.29, 1.82) is 5.26 Å². The number of aromatic amines is 1. The van der Waals surface area contributed by atoms with Gasteiger partial charge in [-0.05, 0) is 18.2 Å². The van der Waals surface area contributed by atoms with Crippen LogP contribution in [0.15, 0.2) is 30.6 Å². The number of nitrogens with one attached hydrogen (secondary N) is 2. The van der Waals surface area contributed by atoms with Crippen molar-refractivity contribution in [3.8, 4) is 6.07 Å². The number of carbonyl (C=O) groups excluding carboxylic acids is 1. The molecule has 0 radical (unpaired) electrons. The summed E-state index contributed by atoms with van der Waals surface area (Å²) in [5, 5.41) is 11.9. The number of carbonyl (C=O) groups is 1. The average Bonchev–Trinajstić information content (AvgIpc) is 3.04. The van der Waals surface area contributed by atoms with Crippen molar-refractivity contribution in [1.82, 2.24) is 14.9 Å². The number of aromatic nitrogens is 2. The first-order valence-electron chi connectivity index (χ1n) is 6.95. The third-order valence-electron chi connectivity index (χ3n) is 3.38. The summed E-state index contributed by atoms with van der Waals surface area (Å²) in [4.78, 5) is 21.4. The number of pyridine rings is 1. The fourth-order valence-electron chi connectivity index (χ4n) is 2.21. The summed E-state index contributed by atoms with van der Waals surface area (Å²) >= 11 is 1.87. The van der Waals surface area contributed by atoms with Gasteiger partial charge in [-0.3, -0.25) is 4.79 Å². The predicted molar refractivity (Wildman–Crippen MR) is 86.3 cm³/mol. The molecule has 22 heavy (non-hydrogen) atoms. The Labute approximate surface area is 132 Å². The minimum absolute atomic E-state index is 0.0288. The number of amides is 1. The van der Waals surface area contributed by atoms with E-state index in [1.54, 1.807) is 24.4 Å². The van der Waals surface area contributed by atoms with E-state index in [9.17, 15) is 4.79 Å². The van der Waals surface area contributed by atoms with Gasteiger partial charge in [-0.2, -0.15) is 17.0 Å². The first kappa shape index (κ1) is 14.5. The van der Waals surface area contributed by atoms with Gasteiger partial charge >= 0.3 is 0 Å². The summed E-state index contributed by atoms with van der Waals surface area (Å²) < 4.78 is 0. The van der Waals surface area contributed by atoms with Crippen LogP contribution < -0.4 is 5.32 Å². The lowest BCUT2D eigenvalue weighted by molar-refractivity contribution is 0.0767. The molecule has 6 nitrogen and oxygen atoms in total. The normalized spacial score (nSPS) is 14.4. The number of thioether (sulfide) groups is 1. The van der Waals surface area contributed by atoms with Crippen LogP contribution in [0.5, 0.6) is 0 Å². The predicted octanol–water partition coefficient (Wildman–Crippen LogP) is 2.21. The van der Waals surface area contributed by atoms with Gasteiger partial charge in [0.1, 0.15) is 17.6 Å². The van der Waals surface area contributed by atoms with Crippen LogP contribution in [0.4, 0.5) is 11.5 Å². The van der Waals surface area contributed by atoms with E-state index in [0.29, 0.717) is 17.1 Å². The van der Waals surface area contributed by atoms with Crippen molar-refractivity contribution in [3.05, 3.63) is 41.9 Å². The van der Waals surface area contributed by atoms with Crippen LogP contribution in [0.2, 0.25) is 0 Å². The molecule has 112 valence electrons. The Kier molecular flexibility index (Phi) is 4.30. The molecule has 7 heteroatoms. The van der Waals surface area contributed by atoms with Crippen LogP contribution in [0.3, 0.4) is 0 Å². The van der Waals surface area contributed by atoms with Gasteiger partial charge < -0.3 is 15.2 Å². The highest BCUT2D eigenvalue weighted by molar-refractivity contribution is 7.99. The van der Waals surface area contributed by atoms with E-state index < -0.39 is 0 Å². The van der Waals surface area contributed by atoms with Crippen molar-refractivity contribution < 1.29 is 4.79 Å². The standard InChI is InChI=1S/C15H15N5OS/c16-8-11-1-2-14(18-9-11)19-12-7-13(17-10-12)15(21)20-3-5-22-6-4-20/h1-2,7,9-10,17H,3-6H2,(H,18,19). The molecule has 3 rings (SSSR count). The third kappa shape index (κ3) is 3.23. The zero-order chi connectivity index (χ0) is 15.4. The van der Waals surface area contributed by atoms with Crippen LogP contribution >= 0.6 is 11.8 Å². The smallest absolute Gasteiger partial charge is 0.270 e. The van der Waals surface area contributed by atoms with Gasteiger partial charge in [-0.1, -0.05) is 0 Å². The molecule has 1 fully saturated rings. The Balaban J connectivity index is 1.67. The van der Waals surface area contributed by atoms with Crippen LogP contribution in [0, 0.1) is 11.3 Å². The minimum atomic E-state index is 0.0288. The zero-order valence-corrected chi connectivity index (χ0v) is 12.7. The van der Waals surface area contributed by atoms with Gasteiger partial charge in [0.15, 0.2) is 0 Å². The molecule has 0 atom stereocenters. The highest BCUT2D eigenvalue weighted by atomic mass is 32.2. The Morgan fingerprint density at radius 2 is 2.23 bits per heavy atom. The molecule has 1 amide bonds. The van der Waals surface area contributed by atoms with Gasteiger partial charge in [0.2, 0.25) is 0 Å². The van der Waals surface area contributed by atoms with E-state index in [1.807, 2.05) is 22.7 Å². The second-order valence-electron chi connectivity index (χ2n) is 4.88. The van der Waals surface area contributed by atoms with Gasteiger partial charge in [0.05, 0.1) is 11.3 Å². The number of nitriles is 1. The molecular formula is C15H15N5OS. The number of hydrogen-bond donors (Lipinski definition) is 2. The first-order valence-corrected chi connectivity index (χ1v) is 8.10. The molecule has 0 saturated carbocycles. The van der Waals surface area contributed by atoms with E-state index in [-0.39, 0.29) is 5.91 Å². The molecule has 0 aromatic carbocycles. The van der Waals surface area contributed by atoms with Crippen molar-refractivity contribution in [2.45, 2.75) is 0 Å². The monoisotopic (exact) mass is 313 g/mol. The summed E-state index contributed by atoms with van der Waals surface area (Å²) in [6.45, 7) is 1.59. The summed E-state index contributed by atoms with van der Waals surface area (Å²) in [5.41, 5.74) is 1.86. The van der Waals surface area contributed by atoms with Crippen molar-refractivity contribution in [2.75, 3.05) is 29.9 Å². The summed E-state index contributed by atoms with van der Waals surface area (Å²) in [6.07, 6.45) is 3.25. The second kappa shape index (κ2) is 6.54. The highest BCUT2D eigenvalue weighted by Crippen LogP contribution is 2.18. The fraction of sp³-hybridized carbons (Fsp3) is 0.267. The number of anilines is 2. The fourth-order valence-corrected chi connectivity index (χ4v) is 3.11. The maximum absolute atomic E-state index is 12.4. The van der Waals surface area contributed by atoms with E-state index in [4.69, 9.17) is 5.26 Å². The maximum atomic E-state index is 12.4. The summed E-state index contributed by atoms with van der Waals surface area (Å²) in [5.74, 6) is 2.65. The van der Waals surface area contributed by atoms with Crippen LogP contribution in [0.1, 0.15) is 16.1 Å². The lowest BCUT2D eigenvalue weighted by Crippen LogP contribution is -2.38. The van der Waals surface area contributed by atoms with E-state index in [1.165, 1.54) is 6.20 Å². The molecular weight excluding hydrogens is 298 g/mol. The first-order chi connectivity index (χ1) is 10.8. The van der Waals surface area contributed by atoms with Gasteiger partial charge in [0, 0.05) is 37.0 Å². The van der Waals surface area contributed by atoms with Crippen molar-refractivity contribution in [2.24, 2.45) is 0 Å². The minimum Gasteiger partial charge on any atom is -0.355 e. The number of rotatable bonds is 3.